The van der Waals surface area contributed by atoms with Crippen LogP contribution in [0.5, 0.6) is 0 Å². The Bertz CT molecular complexity index is 426. The molecule has 0 spiro atoms. The fourth-order valence-corrected chi connectivity index (χ4v) is 1.53. The van der Waals surface area contributed by atoms with Crippen LogP contribution in [-0.2, 0) is 10.9 Å². The van der Waals surface area contributed by atoms with Crippen LogP contribution in [0.1, 0.15) is 26.6 Å². The lowest BCUT2D eigenvalue weighted by atomic mass is 10.4. The molecule has 0 saturated carbocycles. The van der Waals surface area contributed by atoms with Gasteiger partial charge in [0.25, 0.3) is 0 Å². The molecule has 8 heteroatoms. The lowest BCUT2D eigenvalue weighted by Gasteiger charge is -2.15. The molecule has 0 radical (unpaired) electrons. The van der Waals surface area contributed by atoms with Gasteiger partial charge >= 0.3 is 6.18 Å². The molecule has 1 atom stereocenters. The highest BCUT2D eigenvalue weighted by atomic mass is 19.4. The standard InChI is InChI=1S/C12H19F3N4O/c1-4-16-9-6-10(17-7-8(3)20-5-2)19-11(18-9)12(13,14)15/h6,8H,4-5,7H2,1-3H3,(H2,16,17,18,19). The number of hydrogen-bond acceptors (Lipinski definition) is 5. The van der Waals surface area contributed by atoms with Crippen molar-refractivity contribution >= 4 is 11.6 Å². The second-order valence-electron chi connectivity index (χ2n) is 4.14. The monoisotopic (exact) mass is 292 g/mol. The molecule has 1 aromatic rings. The first kappa shape index (κ1) is 16.5. The fourth-order valence-electron chi connectivity index (χ4n) is 1.53. The highest BCUT2D eigenvalue weighted by molar-refractivity contribution is 5.47. The first-order valence-electron chi connectivity index (χ1n) is 6.42. The summed E-state index contributed by atoms with van der Waals surface area (Å²) in [4.78, 5) is 6.92. The summed E-state index contributed by atoms with van der Waals surface area (Å²) in [6.07, 6.45) is -4.69. The highest BCUT2D eigenvalue weighted by Gasteiger charge is 2.35. The largest absolute Gasteiger partial charge is 0.451 e. The van der Waals surface area contributed by atoms with Crippen molar-refractivity contribution in [2.24, 2.45) is 0 Å². The molecule has 0 amide bonds. The van der Waals surface area contributed by atoms with E-state index < -0.39 is 12.0 Å². The normalized spacial score (nSPS) is 13.1. The maximum atomic E-state index is 12.7. The zero-order valence-corrected chi connectivity index (χ0v) is 11.7. The minimum Gasteiger partial charge on any atom is -0.377 e. The minimum absolute atomic E-state index is 0.119. The van der Waals surface area contributed by atoms with E-state index in [4.69, 9.17) is 4.74 Å². The van der Waals surface area contributed by atoms with Gasteiger partial charge in [0.05, 0.1) is 6.10 Å². The average molecular weight is 292 g/mol. The molecular formula is C12H19F3N4O. The van der Waals surface area contributed by atoms with Gasteiger partial charge in [-0.15, -0.1) is 0 Å². The van der Waals surface area contributed by atoms with Gasteiger partial charge in [-0.2, -0.15) is 13.2 Å². The predicted octanol–water partition coefficient (Wildman–Crippen LogP) is 2.76. The van der Waals surface area contributed by atoms with Crippen LogP contribution in [0.25, 0.3) is 0 Å². The number of rotatable bonds is 7. The Morgan fingerprint density at radius 3 is 2.30 bits per heavy atom. The van der Waals surface area contributed by atoms with Crippen LogP contribution in [0.4, 0.5) is 24.8 Å². The number of halogens is 3. The average Bonchev–Trinajstić information content (AvgIpc) is 2.36. The van der Waals surface area contributed by atoms with E-state index in [9.17, 15) is 13.2 Å². The van der Waals surface area contributed by atoms with Gasteiger partial charge in [-0.25, -0.2) is 9.97 Å². The summed E-state index contributed by atoms with van der Waals surface area (Å²) in [5.74, 6) is -0.904. The Hall–Kier alpha value is -1.57. The molecule has 0 aliphatic rings. The van der Waals surface area contributed by atoms with Crippen LogP contribution in [0, 0.1) is 0 Å². The van der Waals surface area contributed by atoms with Crippen LogP contribution in [0.3, 0.4) is 0 Å². The molecule has 5 nitrogen and oxygen atoms in total. The zero-order chi connectivity index (χ0) is 15.2. The molecule has 20 heavy (non-hydrogen) atoms. The molecule has 1 aromatic heterocycles. The van der Waals surface area contributed by atoms with E-state index in [-0.39, 0.29) is 17.7 Å². The van der Waals surface area contributed by atoms with Gasteiger partial charge in [-0.05, 0) is 20.8 Å². The van der Waals surface area contributed by atoms with Gasteiger partial charge in [0.1, 0.15) is 11.6 Å². The van der Waals surface area contributed by atoms with E-state index in [0.29, 0.717) is 19.7 Å². The molecule has 0 bridgehead atoms. The Labute approximate surface area is 116 Å². The molecule has 1 unspecified atom stereocenters. The van der Waals surface area contributed by atoms with Gasteiger partial charge in [0, 0.05) is 25.8 Å². The van der Waals surface area contributed by atoms with Crippen LogP contribution in [0.2, 0.25) is 0 Å². The van der Waals surface area contributed by atoms with E-state index in [1.807, 2.05) is 13.8 Å². The van der Waals surface area contributed by atoms with Crippen molar-refractivity contribution in [2.75, 3.05) is 30.3 Å². The number of ether oxygens (including phenoxy) is 1. The molecule has 0 aliphatic heterocycles. The lowest BCUT2D eigenvalue weighted by Crippen LogP contribution is -2.21. The van der Waals surface area contributed by atoms with Crippen LogP contribution >= 0.6 is 0 Å². The summed E-state index contributed by atoms with van der Waals surface area (Å²) in [6.45, 7) is 6.85. The van der Waals surface area contributed by atoms with E-state index in [2.05, 4.69) is 20.6 Å². The van der Waals surface area contributed by atoms with Crippen LogP contribution in [-0.4, -0.2) is 35.8 Å². The third-order valence-corrected chi connectivity index (χ3v) is 2.36. The van der Waals surface area contributed by atoms with Crippen molar-refractivity contribution < 1.29 is 17.9 Å². The van der Waals surface area contributed by atoms with E-state index in [1.165, 1.54) is 6.07 Å². The molecule has 0 fully saturated rings. The topological polar surface area (TPSA) is 59.1 Å². The number of nitrogens with one attached hydrogen (secondary N) is 2. The Morgan fingerprint density at radius 1 is 1.20 bits per heavy atom. The SMILES string of the molecule is CCNc1cc(NCC(C)OCC)nc(C(F)(F)F)n1. The number of alkyl halides is 3. The number of aromatic nitrogens is 2. The van der Waals surface area contributed by atoms with Crippen molar-refractivity contribution in [1.29, 1.82) is 0 Å². The number of nitrogens with zero attached hydrogens (tertiary/aromatic N) is 2. The Kier molecular flexibility index (Phi) is 6.00. The summed E-state index contributed by atoms with van der Waals surface area (Å²) in [6, 6.07) is 1.44. The van der Waals surface area contributed by atoms with Crippen molar-refractivity contribution in [3.63, 3.8) is 0 Å². The maximum absolute atomic E-state index is 12.7. The molecule has 0 saturated heterocycles. The highest BCUT2D eigenvalue weighted by Crippen LogP contribution is 2.28. The second-order valence-corrected chi connectivity index (χ2v) is 4.14. The molecule has 0 aliphatic carbocycles. The van der Waals surface area contributed by atoms with Gasteiger partial charge in [-0.1, -0.05) is 0 Å². The van der Waals surface area contributed by atoms with Gasteiger partial charge in [0.2, 0.25) is 5.82 Å². The fraction of sp³-hybridized carbons (Fsp3) is 0.667. The smallest absolute Gasteiger partial charge is 0.377 e. The van der Waals surface area contributed by atoms with E-state index in [1.54, 1.807) is 6.92 Å². The summed E-state index contributed by atoms with van der Waals surface area (Å²) in [5, 5.41) is 5.58. The molecular weight excluding hydrogens is 273 g/mol. The minimum atomic E-state index is -4.58. The number of anilines is 2. The third-order valence-electron chi connectivity index (χ3n) is 2.36. The van der Waals surface area contributed by atoms with Crippen LogP contribution < -0.4 is 10.6 Å². The summed E-state index contributed by atoms with van der Waals surface area (Å²) < 4.78 is 43.4. The zero-order valence-electron chi connectivity index (χ0n) is 11.7. The van der Waals surface area contributed by atoms with Gasteiger partial charge in [-0.3, -0.25) is 0 Å². The van der Waals surface area contributed by atoms with Crippen molar-refractivity contribution in [2.45, 2.75) is 33.1 Å². The first-order valence-corrected chi connectivity index (χ1v) is 6.42. The molecule has 0 aromatic carbocycles. The van der Waals surface area contributed by atoms with Crippen molar-refractivity contribution in [3.8, 4) is 0 Å². The second kappa shape index (κ2) is 7.28. The Balaban J connectivity index is 2.86. The molecule has 1 rings (SSSR count). The van der Waals surface area contributed by atoms with Gasteiger partial charge in [0.15, 0.2) is 0 Å². The maximum Gasteiger partial charge on any atom is 0.451 e. The number of hydrogen-bond donors (Lipinski definition) is 2. The quantitative estimate of drug-likeness (QED) is 0.809. The predicted molar refractivity (Wildman–Crippen MR) is 70.8 cm³/mol. The third kappa shape index (κ3) is 5.20. The summed E-state index contributed by atoms with van der Waals surface area (Å²) in [7, 11) is 0. The van der Waals surface area contributed by atoms with E-state index in [0.717, 1.165) is 0 Å². The van der Waals surface area contributed by atoms with Gasteiger partial charge < -0.3 is 15.4 Å². The lowest BCUT2D eigenvalue weighted by molar-refractivity contribution is -0.144. The first-order chi connectivity index (χ1) is 9.36. The molecule has 2 N–H and O–H groups in total. The van der Waals surface area contributed by atoms with Crippen molar-refractivity contribution in [3.05, 3.63) is 11.9 Å². The summed E-state index contributed by atoms with van der Waals surface area (Å²) >= 11 is 0. The van der Waals surface area contributed by atoms with Crippen molar-refractivity contribution in [1.82, 2.24) is 9.97 Å². The molecule has 1 heterocycles. The molecule has 114 valence electrons. The Morgan fingerprint density at radius 2 is 1.80 bits per heavy atom. The van der Waals surface area contributed by atoms with Crippen LogP contribution in [0.15, 0.2) is 6.07 Å². The van der Waals surface area contributed by atoms with E-state index >= 15 is 0 Å². The summed E-state index contributed by atoms with van der Waals surface area (Å²) in [5.41, 5.74) is 0.